The van der Waals surface area contributed by atoms with Crippen LogP contribution in [0.4, 0.5) is 5.82 Å². The smallest absolute Gasteiger partial charge is 0.141 e. The molecule has 0 atom stereocenters. The number of fused-ring (bicyclic) bond motifs is 1. The number of halogens is 1. The Morgan fingerprint density at radius 2 is 2.27 bits per heavy atom. The van der Waals surface area contributed by atoms with E-state index in [4.69, 9.17) is 5.73 Å². The van der Waals surface area contributed by atoms with E-state index in [1.165, 1.54) is 0 Å². The number of imidazole rings is 1. The second kappa shape index (κ2) is 3.85. The summed E-state index contributed by atoms with van der Waals surface area (Å²) in [6.07, 6.45) is 3.96. The third-order valence-corrected chi connectivity index (χ3v) is 2.90. The summed E-state index contributed by atoms with van der Waals surface area (Å²) in [5.41, 5.74) is 9.14. The van der Waals surface area contributed by atoms with Gasteiger partial charge in [-0.05, 0) is 40.9 Å². The van der Waals surface area contributed by atoms with Gasteiger partial charge in [0.15, 0.2) is 0 Å². The second-order valence-corrected chi connectivity index (χ2v) is 4.64. The number of rotatable bonds is 2. The van der Waals surface area contributed by atoms with Crippen LogP contribution in [0.1, 0.15) is 24.6 Å². The summed E-state index contributed by atoms with van der Waals surface area (Å²) in [4.78, 5) is 4.56. The number of nitrogens with zero attached hydrogens (tertiary/aromatic N) is 2. The summed E-state index contributed by atoms with van der Waals surface area (Å²) < 4.78 is 2.98. The first kappa shape index (κ1) is 10.5. The summed E-state index contributed by atoms with van der Waals surface area (Å²) >= 11 is 3.46. The van der Waals surface area contributed by atoms with Gasteiger partial charge in [-0.3, -0.25) is 4.40 Å². The molecule has 0 bridgehead atoms. The van der Waals surface area contributed by atoms with Crippen molar-refractivity contribution in [2.75, 3.05) is 5.73 Å². The molecule has 3 nitrogen and oxygen atoms in total. The molecular formula is C11H14BrN3. The van der Waals surface area contributed by atoms with Crippen molar-refractivity contribution >= 4 is 27.4 Å². The number of nitrogen functional groups attached to an aromatic ring is 1. The molecule has 2 heterocycles. The van der Waals surface area contributed by atoms with Crippen molar-refractivity contribution in [1.82, 2.24) is 9.38 Å². The minimum atomic E-state index is 0.760. The van der Waals surface area contributed by atoms with Crippen LogP contribution in [0.15, 0.2) is 16.7 Å². The summed E-state index contributed by atoms with van der Waals surface area (Å²) in [5, 5.41) is 0. The lowest BCUT2D eigenvalue weighted by Crippen LogP contribution is -1.96. The van der Waals surface area contributed by atoms with Gasteiger partial charge in [-0.15, -0.1) is 0 Å². The molecule has 0 aliphatic carbocycles. The Morgan fingerprint density at radius 3 is 2.93 bits per heavy atom. The quantitative estimate of drug-likeness (QED) is 0.910. The van der Waals surface area contributed by atoms with Crippen molar-refractivity contribution in [3.63, 3.8) is 0 Å². The highest BCUT2D eigenvalue weighted by Crippen LogP contribution is 2.22. The largest absolute Gasteiger partial charge is 0.383 e. The number of nitrogens with two attached hydrogens (primary N) is 1. The van der Waals surface area contributed by atoms with Crippen LogP contribution in [-0.4, -0.2) is 9.38 Å². The fraction of sp³-hybridized carbons (Fsp3) is 0.364. The lowest BCUT2D eigenvalue weighted by Gasteiger charge is -2.00. The summed E-state index contributed by atoms with van der Waals surface area (Å²) in [7, 11) is 0. The van der Waals surface area contributed by atoms with E-state index in [1.54, 1.807) is 0 Å². The van der Waals surface area contributed by atoms with Crippen LogP contribution in [-0.2, 0) is 6.42 Å². The minimum Gasteiger partial charge on any atom is -0.383 e. The Hall–Kier alpha value is -1.03. The van der Waals surface area contributed by atoms with E-state index < -0.39 is 0 Å². The van der Waals surface area contributed by atoms with E-state index >= 15 is 0 Å². The molecule has 0 aliphatic heterocycles. The summed E-state index contributed by atoms with van der Waals surface area (Å²) in [5.74, 6) is 0.760. The normalized spacial score (nSPS) is 11.1. The monoisotopic (exact) mass is 267 g/mol. The molecule has 15 heavy (non-hydrogen) atoms. The number of anilines is 1. The Bertz CT molecular complexity index is 502. The molecule has 0 aliphatic rings. The van der Waals surface area contributed by atoms with Gasteiger partial charge in [0.1, 0.15) is 11.5 Å². The first-order valence-corrected chi connectivity index (χ1v) is 5.85. The van der Waals surface area contributed by atoms with Gasteiger partial charge in [-0.1, -0.05) is 13.3 Å². The molecule has 2 rings (SSSR count). The Labute approximate surface area is 97.4 Å². The van der Waals surface area contributed by atoms with E-state index in [-0.39, 0.29) is 0 Å². The van der Waals surface area contributed by atoms with Crippen molar-refractivity contribution in [3.05, 3.63) is 28.0 Å². The summed E-state index contributed by atoms with van der Waals surface area (Å²) in [6, 6.07) is 2.05. The van der Waals surface area contributed by atoms with Crippen molar-refractivity contribution in [1.29, 1.82) is 0 Å². The number of pyridine rings is 1. The van der Waals surface area contributed by atoms with Gasteiger partial charge >= 0.3 is 0 Å². The fourth-order valence-electron chi connectivity index (χ4n) is 1.75. The minimum absolute atomic E-state index is 0.760. The van der Waals surface area contributed by atoms with E-state index in [1.807, 2.05) is 17.5 Å². The highest BCUT2D eigenvalue weighted by molar-refractivity contribution is 9.10. The average Bonchev–Trinajstić information content (AvgIpc) is 2.47. The molecule has 0 amide bonds. The zero-order valence-electron chi connectivity index (χ0n) is 8.92. The zero-order chi connectivity index (χ0) is 11.0. The van der Waals surface area contributed by atoms with Gasteiger partial charge in [-0.2, -0.15) is 0 Å². The molecule has 2 aromatic heterocycles. The second-order valence-electron chi connectivity index (χ2n) is 3.73. The molecule has 0 fully saturated rings. The van der Waals surface area contributed by atoms with Crippen LogP contribution in [0.25, 0.3) is 5.65 Å². The molecule has 0 saturated heterocycles. The molecule has 80 valence electrons. The van der Waals surface area contributed by atoms with Crippen LogP contribution >= 0.6 is 15.9 Å². The van der Waals surface area contributed by atoms with Gasteiger partial charge in [0, 0.05) is 10.7 Å². The fourth-order valence-corrected chi connectivity index (χ4v) is 2.30. The Balaban J connectivity index is 2.70. The van der Waals surface area contributed by atoms with E-state index in [0.29, 0.717) is 0 Å². The maximum atomic E-state index is 6.04. The van der Waals surface area contributed by atoms with Gasteiger partial charge in [0.25, 0.3) is 0 Å². The third-order valence-electron chi connectivity index (χ3n) is 2.47. The standard InChI is InChI=1S/C11H14BrN3/c1-3-4-9-10(13)15-6-8(12)5-7(2)11(15)14-9/h5-6H,3-4,13H2,1-2H3. The first-order valence-electron chi connectivity index (χ1n) is 5.06. The molecule has 2 N–H and O–H groups in total. The van der Waals surface area contributed by atoms with Crippen molar-refractivity contribution in [3.8, 4) is 0 Å². The van der Waals surface area contributed by atoms with Crippen LogP contribution < -0.4 is 5.73 Å². The van der Waals surface area contributed by atoms with Crippen LogP contribution in [0.3, 0.4) is 0 Å². The highest BCUT2D eigenvalue weighted by Gasteiger charge is 2.10. The lowest BCUT2D eigenvalue weighted by atomic mass is 10.2. The van der Waals surface area contributed by atoms with E-state index in [2.05, 4.69) is 33.9 Å². The third kappa shape index (κ3) is 1.74. The molecular weight excluding hydrogens is 254 g/mol. The number of aryl methyl sites for hydroxylation is 2. The van der Waals surface area contributed by atoms with E-state index in [9.17, 15) is 0 Å². The van der Waals surface area contributed by atoms with Crippen molar-refractivity contribution in [2.24, 2.45) is 0 Å². The zero-order valence-corrected chi connectivity index (χ0v) is 10.5. The predicted octanol–water partition coefficient (Wildman–Crippen LogP) is 2.94. The van der Waals surface area contributed by atoms with Crippen LogP contribution in [0, 0.1) is 6.92 Å². The molecule has 0 saturated carbocycles. The van der Waals surface area contributed by atoms with Gasteiger partial charge < -0.3 is 5.73 Å². The molecule has 0 radical (unpaired) electrons. The Kier molecular flexibility index (Phi) is 2.69. The predicted molar refractivity (Wildman–Crippen MR) is 66.0 cm³/mol. The number of hydrogen-bond donors (Lipinski definition) is 1. The van der Waals surface area contributed by atoms with Gasteiger partial charge in [-0.25, -0.2) is 4.98 Å². The molecule has 0 aromatic carbocycles. The first-order chi connectivity index (χ1) is 7.13. The maximum absolute atomic E-state index is 6.04. The highest BCUT2D eigenvalue weighted by atomic mass is 79.9. The average molecular weight is 268 g/mol. The number of hydrogen-bond acceptors (Lipinski definition) is 2. The summed E-state index contributed by atoms with van der Waals surface area (Å²) in [6.45, 7) is 4.18. The van der Waals surface area contributed by atoms with Gasteiger partial charge in [0.05, 0.1) is 5.69 Å². The molecule has 4 heteroatoms. The molecule has 0 unspecified atom stereocenters. The maximum Gasteiger partial charge on any atom is 0.141 e. The van der Waals surface area contributed by atoms with Crippen LogP contribution in [0.5, 0.6) is 0 Å². The lowest BCUT2D eigenvalue weighted by molar-refractivity contribution is 0.897. The van der Waals surface area contributed by atoms with Crippen molar-refractivity contribution < 1.29 is 0 Å². The topological polar surface area (TPSA) is 43.3 Å². The Morgan fingerprint density at radius 1 is 1.53 bits per heavy atom. The SMILES string of the molecule is CCCc1nc2c(C)cc(Br)cn2c1N. The molecule has 0 spiro atoms. The van der Waals surface area contributed by atoms with Crippen LogP contribution in [0.2, 0.25) is 0 Å². The van der Waals surface area contributed by atoms with E-state index in [0.717, 1.165) is 40.0 Å². The van der Waals surface area contributed by atoms with Gasteiger partial charge in [0.2, 0.25) is 0 Å². The van der Waals surface area contributed by atoms with Crippen molar-refractivity contribution in [2.45, 2.75) is 26.7 Å². The number of aromatic nitrogens is 2. The molecule has 2 aromatic rings.